The molecule has 0 radical (unpaired) electrons. The Bertz CT molecular complexity index is 2500. The summed E-state index contributed by atoms with van der Waals surface area (Å²) in [5.41, 5.74) is 11.4. The Hall–Kier alpha value is -5.71. The summed E-state index contributed by atoms with van der Waals surface area (Å²) in [5, 5.41) is 0. The van der Waals surface area contributed by atoms with Gasteiger partial charge in [0.25, 0.3) is 0 Å². The number of alkyl halides is 3. The van der Waals surface area contributed by atoms with E-state index in [-0.39, 0.29) is 16.5 Å². The number of quaternary nitrogens is 1. The molecule has 7 aromatic carbocycles. The molecule has 1 nitrogen and oxygen atoms in total. The number of halogens is 3. The van der Waals surface area contributed by atoms with Gasteiger partial charge in [0.05, 0.1) is 32.1 Å². The van der Waals surface area contributed by atoms with Crippen LogP contribution in [-0.4, -0.2) is 37.3 Å². The highest BCUT2D eigenvalue weighted by Gasteiger charge is 2.55. The van der Waals surface area contributed by atoms with Gasteiger partial charge in [0.15, 0.2) is 0 Å². The Balaban J connectivity index is 0.966. The van der Waals surface area contributed by atoms with Crippen LogP contribution in [-0.2, 0) is 10.8 Å². The second-order valence-electron chi connectivity index (χ2n) is 17.2. The molecule has 0 saturated carbocycles. The van der Waals surface area contributed by atoms with Crippen molar-refractivity contribution >= 4 is 0 Å². The maximum atomic E-state index is 14.5. The number of benzene rings is 7. The van der Waals surface area contributed by atoms with E-state index in [1.807, 2.05) is 0 Å². The zero-order valence-corrected chi connectivity index (χ0v) is 33.4. The average molecular weight is 769 g/mol. The molecule has 0 N–H and O–H groups in total. The molecule has 3 aliphatic heterocycles. The SMILES string of the molecule is Cc1ccc(-c2ccc(-c3ccc(C4(c5ccc(-c6ccc(-c7ccc([C@](C)(c8ccccc8)C(F)(F)F)cc7)cc6)cc5)C[N+]5(C)CCC4CC5)cc3)cc2)cc1. The number of hydrogen-bond donors (Lipinski definition) is 0. The zero-order chi connectivity index (χ0) is 40.1. The molecule has 290 valence electrons. The van der Waals surface area contributed by atoms with Crippen LogP contribution in [0.5, 0.6) is 0 Å². The lowest BCUT2D eigenvalue weighted by molar-refractivity contribution is -0.929. The predicted octanol–water partition coefficient (Wildman–Crippen LogP) is 13.7. The van der Waals surface area contributed by atoms with E-state index in [1.54, 1.807) is 54.6 Å². The monoisotopic (exact) mass is 768 g/mol. The number of piperidine rings is 3. The van der Waals surface area contributed by atoms with E-state index in [2.05, 4.69) is 135 Å². The van der Waals surface area contributed by atoms with Crippen LogP contribution in [0.4, 0.5) is 13.2 Å². The van der Waals surface area contributed by atoms with Crippen molar-refractivity contribution in [3.63, 3.8) is 0 Å². The van der Waals surface area contributed by atoms with Gasteiger partial charge in [-0.1, -0.05) is 181 Å². The quantitative estimate of drug-likeness (QED) is 0.135. The van der Waals surface area contributed by atoms with Crippen molar-refractivity contribution in [1.82, 2.24) is 0 Å². The third-order valence-electron chi connectivity index (χ3n) is 13.7. The van der Waals surface area contributed by atoms with E-state index >= 15 is 0 Å². The molecular weight excluding hydrogens is 720 g/mol. The van der Waals surface area contributed by atoms with E-state index in [9.17, 15) is 13.2 Å². The molecule has 0 amide bonds. The molecule has 0 aliphatic carbocycles. The maximum absolute atomic E-state index is 14.5. The summed E-state index contributed by atoms with van der Waals surface area (Å²) in [5.74, 6) is 0.588. The summed E-state index contributed by atoms with van der Waals surface area (Å²) in [6.45, 7) is 6.96. The maximum Gasteiger partial charge on any atom is 0.402 e. The van der Waals surface area contributed by atoms with Crippen LogP contribution >= 0.6 is 0 Å². The predicted molar refractivity (Wildman–Crippen MR) is 233 cm³/mol. The second-order valence-corrected chi connectivity index (χ2v) is 17.2. The van der Waals surface area contributed by atoms with Crippen molar-refractivity contribution in [2.24, 2.45) is 5.92 Å². The van der Waals surface area contributed by atoms with E-state index in [0.29, 0.717) is 5.92 Å². The zero-order valence-electron chi connectivity index (χ0n) is 33.4. The number of aryl methyl sites for hydroxylation is 1. The summed E-state index contributed by atoms with van der Waals surface area (Å²) in [4.78, 5) is 0. The highest BCUT2D eigenvalue weighted by molar-refractivity contribution is 5.73. The summed E-state index contributed by atoms with van der Waals surface area (Å²) >= 11 is 0. The number of fused-ring (bicyclic) bond motifs is 3. The van der Waals surface area contributed by atoms with Crippen molar-refractivity contribution in [1.29, 1.82) is 0 Å². The fourth-order valence-corrected chi connectivity index (χ4v) is 10.0. The molecule has 1 unspecified atom stereocenters. The van der Waals surface area contributed by atoms with Crippen LogP contribution in [0.2, 0.25) is 0 Å². The van der Waals surface area contributed by atoms with Gasteiger partial charge in [0, 0.05) is 12.8 Å². The molecule has 0 spiro atoms. The lowest BCUT2D eigenvalue weighted by atomic mass is 9.58. The first-order valence-corrected chi connectivity index (χ1v) is 20.5. The van der Waals surface area contributed by atoms with Crippen molar-refractivity contribution in [2.45, 2.75) is 43.7 Å². The fourth-order valence-electron chi connectivity index (χ4n) is 10.0. The summed E-state index contributed by atoms with van der Waals surface area (Å²) in [6.07, 6.45) is -1.99. The standard InChI is InChI=1S/C54H49F3N/c1-38-9-11-39(12-10-38)40-13-15-42(16-14-40)45-23-29-49(30-24-45)53(37-58(3)35-33-51(53)34-36-58)50-31-25-46(26-32-50)43-19-17-41(18-20-43)44-21-27-48(28-22-44)52(2,54(55,56)57)47-7-5-4-6-8-47/h4-32,51H,33-37H2,1-3H3/q+1/t51?,52-,53?,58?/m0/s1. The number of hydrogen-bond acceptors (Lipinski definition) is 0. The lowest BCUT2D eigenvalue weighted by Crippen LogP contribution is -2.66. The number of likely N-dealkylation sites (N-methyl/N-ethyl adjacent to an activating group) is 1. The highest BCUT2D eigenvalue weighted by atomic mass is 19.4. The molecule has 3 heterocycles. The van der Waals surface area contributed by atoms with Gasteiger partial charge < -0.3 is 4.48 Å². The van der Waals surface area contributed by atoms with Crippen molar-refractivity contribution in [3.8, 4) is 44.5 Å². The van der Waals surface area contributed by atoms with Crippen LogP contribution in [0.25, 0.3) is 44.5 Å². The van der Waals surface area contributed by atoms with Gasteiger partial charge >= 0.3 is 6.18 Å². The first-order chi connectivity index (χ1) is 27.9. The lowest BCUT2D eigenvalue weighted by Gasteiger charge is -2.57. The van der Waals surface area contributed by atoms with Crippen LogP contribution < -0.4 is 0 Å². The third-order valence-corrected chi connectivity index (χ3v) is 13.7. The number of nitrogens with zero attached hydrogens (tertiary/aromatic N) is 1. The van der Waals surface area contributed by atoms with E-state index in [1.165, 1.54) is 71.8 Å². The Morgan fingerprint density at radius 3 is 1.16 bits per heavy atom. The Labute approximate surface area is 341 Å². The molecular formula is C54H49F3N+. The van der Waals surface area contributed by atoms with E-state index in [4.69, 9.17) is 0 Å². The summed E-state index contributed by atoms with van der Waals surface area (Å²) < 4.78 is 44.7. The Morgan fingerprint density at radius 2 is 0.793 bits per heavy atom. The summed E-state index contributed by atoms with van der Waals surface area (Å²) in [7, 11) is 2.44. The molecule has 58 heavy (non-hydrogen) atoms. The first-order valence-electron chi connectivity index (χ1n) is 20.5. The fraction of sp³-hybridized carbons (Fsp3) is 0.222. The largest absolute Gasteiger partial charge is 0.402 e. The van der Waals surface area contributed by atoms with Gasteiger partial charge in [-0.05, 0) is 86.5 Å². The smallest absolute Gasteiger partial charge is 0.325 e. The molecule has 7 aromatic rings. The van der Waals surface area contributed by atoms with Gasteiger partial charge in [-0.15, -0.1) is 0 Å². The molecule has 3 fully saturated rings. The Kier molecular flexibility index (Phi) is 9.52. The number of rotatable bonds is 8. The van der Waals surface area contributed by atoms with Gasteiger partial charge in [-0.3, -0.25) is 0 Å². The van der Waals surface area contributed by atoms with Crippen LogP contribution in [0.1, 0.15) is 47.6 Å². The minimum absolute atomic E-state index is 0.0592. The molecule has 3 saturated heterocycles. The molecule has 2 atom stereocenters. The van der Waals surface area contributed by atoms with Crippen molar-refractivity contribution in [2.75, 3.05) is 26.7 Å². The van der Waals surface area contributed by atoms with Crippen LogP contribution in [0.15, 0.2) is 176 Å². The topological polar surface area (TPSA) is 0 Å². The van der Waals surface area contributed by atoms with E-state index in [0.717, 1.165) is 33.3 Å². The minimum atomic E-state index is -4.44. The average Bonchev–Trinajstić information content (AvgIpc) is 3.26. The van der Waals surface area contributed by atoms with Gasteiger partial charge in [0.1, 0.15) is 5.41 Å². The second kappa shape index (κ2) is 14.6. The first kappa shape index (κ1) is 37.8. The van der Waals surface area contributed by atoms with E-state index < -0.39 is 11.6 Å². The van der Waals surface area contributed by atoms with Crippen LogP contribution in [0, 0.1) is 12.8 Å². The molecule has 3 aliphatic rings. The molecule has 0 aromatic heterocycles. The highest BCUT2D eigenvalue weighted by Crippen LogP contribution is 2.52. The molecule has 4 heteroatoms. The van der Waals surface area contributed by atoms with Gasteiger partial charge in [-0.2, -0.15) is 13.2 Å². The van der Waals surface area contributed by atoms with Gasteiger partial charge in [-0.25, -0.2) is 0 Å². The molecule has 2 bridgehead atoms. The van der Waals surface area contributed by atoms with Crippen molar-refractivity contribution < 1.29 is 17.7 Å². The Morgan fingerprint density at radius 1 is 0.466 bits per heavy atom. The normalized spacial score (nSPS) is 21.4. The summed E-state index contributed by atoms with van der Waals surface area (Å²) in [6, 6.07) is 59.7. The van der Waals surface area contributed by atoms with Crippen molar-refractivity contribution in [3.05, 3.63) is 204 Å². The molecule has 10 rings (SSSR count). The minimum Gasteiger partial charge on any atom is -0.325 e. The third kappa shape index (κ3) is 6.68. The van der Waals surface area contributed by atoms with Crippen LogP contribution in [0.3, 0.4) is 0 Å². The van der Waals surface area contributed by atoms with Gasteiger partial charge in [0.2, 0.25) is 0 Å².